The molecular formula is C18H29N5. The number of hydrogen-bond donors (Lipinski definition) is 3. The fourth-order valence-corrected chi connectivity index (χ4v) is 2.51. The number of amidine groups is 1. The van der Waals surface area contributed by atoms with Crippen LogP contribution in [0.4, 0.5) is 0 Å². The minimum Gasteiger partial charge on any atom is -0.399 e. The third kappa shape index (κ3) is 5.60. The Morgan fingerprint density at radius 1 is 1.30 bits per heavy atom. The molecule has 1 aromatic rings. The van der Waals surface area contributed by atoms with Gasteiger partial charge in [-0.25, -0.2) is 4.99 Å². The van der Waals surface area contributed by atoms with Crippen LogP contribution >= 0.6 is 0 Å². The van der Waals surface area contributed by atoms with E-state index in [0.717, 1.165) is 25.2 Å². The minimum atomic E-state index is 0.601. The van der Waals surface area contributed by atoms with Crippen LogP contribution in [-0.2, 0) is 6.42 Å². The highest BCUT2D eigenvalue weighted by Crippen LogP contribution is 2.11. The highest BCUT2D eigenvalue weighted by atomic mass is 15.2. The summed E-state index contributed by atoms with van der Waals surface area (Å²) in [4.78, 5) is 6.88. The van der Waals surface area contributed by atoms with E-state index in [2.05, 4.69) is 46.4 Å². The molecule has 5 N–H and O–H groups in total. The summed E-state index contributed by atoms with van der Waals surface area (Å²) in [6.07, 6.45) is 2.70. The summed E-state index contributed by atoms with van der Waals surface area (Å²) < 4.78 is 0. The van der Waals surface area contributed by atoms with Crippen molar-refractivity contribution in [3.8, 4) is 0 Å². The van der Waals surface area contributed by atoms with Crippen molar-refractivity contribution >= 4 is 5.84 Å². The second-order valence-corrected chi connectivity index (χ2v) is 6.12. The molecule has 126 valence electrons. The van der Waals surface area contributed by atoms with E-state index in [9.17, 15) is 0 Å². The van der Waals surface area contributed by atoms with Gasteiger partial charge in [-0.1, -0.05) is 36.8 Å². The van der Waals surface area contributed by atoms with Gasteiger partial charge >= 0.3 is 0 Å². The van der Waals surface area contributed by atoms with Crippen LogP contribution in [0.3, 0.4) is 0 Å². The molecule has 0 aliphatic carbocycles. The first-order valence-electron chi connectivity index (χ1n) is 8.42. The number of rotatable bonds is 8. The second-order valence-electron chi connectivity index (χ2n) is 6.12. The van der Waals surface area contributed by atoms with Crippen molar-refractivity contribution in [2.24, 2.45) is 16.5 Å². The molecule has 0 unspecified atom stereocenters. The smallest absolute Gasteiger partial charge is 0.147 e. The summed E-state index contributed by atoms with van der Waals surface area (Å²) in [6.45, 7) is 8.32. The van der Waals surface area contributed by atoms with Gasteiger partial charge in [0.1, 0.15) is 11.7 Å². The van der Waals surface area contributed by atoms with E-state index in [1.807, 2.05) is 6.92 Å². The zero-order valence-electron chi connectivity index (χ0n) is 14.3. The van der Waals surface area contributed by atoms with E-state index in [0.29, 0.717) is 18.1 Å². The molecule has 1 aliphatic rings. The molecule has 0 aromatic heterocycles. The van der Waals surface area contributed by atoms with Gasteiger partial charge in [0.25, 0.3) is 0 Å². The summed E-state index contributed by atoms with van der Waals surface area (Å²) in [7, 11) is 0. The topological polar surface area (TPSA) is 79.7 Å². The molecule has 1 heterocycles. The van der Waals surface area contributed by atoms with E-state index in [1.54, 1.807) is 0 Å². The molecule has 0 atom stereocenters. The molecule has 1 aromatic carbocycles. The lowest BCUT2D eigenvalue weighted by Gasteiger charge is -2.30. The van der Waals surface area contributed by atoms with Gasteiger partial charge in [0.05, 0.1) is 5.70 Å². The summed E-state index contributed by atoms with van der Waals surface area (Å²) in [5.74, 6) is 1.31. The molecule has 0 radical (unpaired) electrons. The standard InChI is InChI=1S/C18H29N5/c1-3-17(20)22-18(21-8-11-23-9-5-10-23)16(19)13-15-7-4-6-14(2)12-15/h4,6-7,12,21H,3,5,8-11,13,19H2,1-2H3,(H2,20,22)/b18-16-. The normalized spacial score (nSPS) is 16.7. The van der Waals surface area contributed by atoms with Crippen molar-refractivity contribution in [2.75, 3.05) is 26.2 Å². The maximum Gasteiger partial charge on any atom is 0.147 e. The van der Waals surface area contributed by atoms with Crippen LogP contribution < -0.4 is 16.8 Å². The lowest BCUT2D eigenvalue weighted by Crippen LogP contribution is -2.41. The van der Waals surface area contributed by atoms with Crippen LogP contribution in [0.5, 0.6) is 0 Å². The fourth-order valence-electron chi connectivity index (χ4n) is 2.51. The van der Waals surface area contributed by atoms with Gasteiger partial charge in [-0.15, -0.1) is 0 Å². The maximum atomic E-state index is 6.31. The number of nitrogens with two attached hydrogens (primary N) is 2. The van der Waals surface area contributed by atoms with Gasteiger partial charge in [-0.2, -0.15) is 0 Å². The molecular weight excluding hydrogens is 286 g/mol. The highest BCUT2D eigenvalue weighted by molar-refractivity contribution is 5.80. The fraction of sp³-hybridized carbons (Fsp3) is 0.500. The van der Waals surface area contributed by atoms with Crippen molar-refractivity contribution in [3.63, 3.8) is 0 Å². The molecule has 1 saturated heterocycles. The first kappa shape index (κ1) is 17.3. The first-order valence-corrected chi connectivity index (χ1v) is 8.42. The van der Waals surface area contributed by atoms with Crippen molar-refractivity contribution in [1.29, 1.82) is 0 Å². The predicted molar refractivity (Wildman–Crippen MR) is 97.1 cm³/mol. The Hall–Kier alpha value is -2.01. The summed E-state index contributed by atoms with van der Waals surface area (Å²) in [5, 5.41) is 3.36. The van der Waals surface area contributed by atoms with Gasteiger partial charge in [0.2, 0.25) is 0 Å². The number of allylic oxidation sites excluding steroid dienone is 1. The monoisotopic (exact) mass is 315 g/mol. The van der Waals surface area contributed by atoms with Crippen LogP contribution in [0.25, 0.3) is 0 Å². The Kier molecular flexibility index (Phi) is 6.47. The Bertz CT molecular complexity index is 573. The van der Waals surface area contributed by atoms with Crippen molar-refractivity contribution in [3.05, 3.63) is 46.9 Å². The number of likely N-dealkylation sites (tertiary alicyclic amines) is 1. The van der Waals surface area contributed by atoms with Crippen molar-refractivity contribution in [1.82, 2.24) is 10.2 Å². The number of benzene rings is 1. The Morgan fingerprint density at radius 3 is 2.70 bits per heavy atom. The molecule has 23 heavy (non-hydrogen) atoms. The van der Waals surface area contributed by atoms with Crippen LogP contribution in [-0.4, -0.2) is 36.9 Å². The highest BCUT2D eigenvalue weighted by Gasteiger charge is 2.13. The SMILES string of the molecule is CC/C(N)=N/C(NCCN1CCC1)=C(\N)Cc1cccc(C)c1. The summed E-state index contributed by atoms with van der Waals surface area (Å²) in [6, 6.07) is 8.38. The number of aryl methyl sites for hydroxylation is 1. The third-order valence-corrected chi connectivity index (χ3v) is 4.07. The van der Waals surface area contributed by atoms with Crippen molar-refractivity contribution < 1.29 is 0 Å². The molecule has 0 spiro atoms. The van der Waals surface area contributed by atoms with Crippen LogP contribution in [0, 0.1) is 6.92 Å². The number of nitrogens with zero attached hydrogens (tertiary/aromatic N) is 2. The van der Waals surface area contributed by atoms with E-state index in [-0.39, 0.29) is 0 Å². The quantitative estimate of drug-likeness (QED) is 0.504. The first-order chi connectivity index (χ1) is 11.1. The Balaban J connectivity index is 2.05. The van der Waals surface area contributed by atoms with Crippen LogP contribution in [0.1, 0.15) is 30.9 Å². The third-order valence-electron chi connectivity index (χ3n) is 4.07. The minimum absolute atomic E-state index is 0.601. The zero-order valence-corrected chi connectivity index (χ0v) is 14.3. The van der Waals surface area contributed by atoms with Gasteiger partial charge in [0.15, 0.2) is 0 Å². The summed E-state index contributed by atoms with van der Waals surface area (Å²) in [5.41, 5.74) is 15.4. The van der Waals surface area contributed by atoms with Crippen LogP contribution in [0.2, 0.25) is 0 Å². The molecule has 5 nitrogen and oxygen atoms in total. The average Bonchev–Trinajstić information content (AvgIpc) is 2.48. The molecule has 0 bridgehead atoms. The second kappa shape index (κ2) is 8.58. The van der Waals surface area contributed by atoms with Crippen LogP contribution in [0.15, 0.2) is 40.8 Å². The Morgan fingerprint density at radius 2 is 2.09 bits per heavy atom. The van der Waals surface area contributed by atoms with Gasteiger partial charge in [-0.05, 0) is 32.0 Å². The molecule has 0 amide bonds. The molecule has 5 heteroatoms. The molecule has 2 rings (SSSR count). The predicted octanol–water partition coefficient (Wildman–Crippen LogP) is 1.73. The maximum absolute atomic E-state index is 6.31. The lowest BCUT2D eigenvalue weighted by atomic mass is 10.1. The molecule has 1 aliphatic heterocycles. The molecule has 1 fully saturated rings. The van der Waals surface area contributed by atoms with Gasteiger partial charge in [-0.3, -0.25) is 0 Å². The van der Waals surface area contributed by atoms with E-state index in [1.165, 1.54) is 30.6 Å². The number of aliphatic imine (C=N–C) groups is 1. The van der Waals surface area contributed by atoms with E-state index < -0.39 is 0 Å². The largest absolute Gasteiger partial charge is 0.399 e. The van der Waals surface area contributed by atoms with Crippen molar-refractivity contribution in [2.45, 2.75) is 33.1 Å². The molecule has 0 saturated carbocycles. The van der Waals surface area contributed by atoms with E-state index >= 15 is 0 Å². The number of hydrogen-bond acceptors (Lipinski definition) is 4. The average molecular weight is 315 g/mol. The Labute approximate surface area is 139 Å². The van der Waals surface area contributed by atoms with E-state index in [4.69, 9.17) is 11.5 Å². The van der Waals surface area contributed by atoms with Gasteiger partial charge < -0.3 is 21.7 Å². The lowest BCUT2D eigenvalue weighted by molar-refractivity contribution is 0.184. The van der Waals surface area contributed by atoms with Gasteiger partial charge in [0, 0.05) is 25.9 Å². The number of nitrogens with one attached hydrogen (secondary N) is 1. The zero-order chi connectivity index (χ0) is 16.7. The summed E-state index contributed by atoms with van der Waals surface area (Å²) >= 11 is 0.